The van der Waals surface area contributed by atoms with Crippen LogP contribution in [-0.2, 0) is 4.79 Å². The van der Waals surface area contributed by atoms with Crippen molar-refractivity contribution < 1.29 is 17.7 Å². The monoisotopic (exact) mass is 121 g/mol. The second-order valence-corrected chi connectivity index (χ2v) is 1.31. The number of aliphatic hydroxyl groups is 1. The van der Waals surface area contributed by atoms with E-state index in [1.54, 1.807) is 0 Å². The minimum absolute atomic E-state index is 0.750. The van der Waals surface area contributed by atoms with Gasteiger partial charge in [0, 0.05) is 1.37 Å². The van der Waals surface area contributed by atoms with Gasteiger partial charge in [0.2, 0.25) is 0 Å². The first kappa shape index (κ1) is 4.29. The molecule has 0 amide bonds. The highest BCUT2D eigenvalue weighted by atomic mass is 16.4. The van der Waals surface area contributed by atoms with Crippen molar-refractivity contribution in [3.8, 4) is 0 Å². The number of nitrogens with two attached hydrogens (primary N) is 1. The molecule has 48 valence electrons. The molecule has 0 radical (unpaired) electrons. The molecule has 4 N–H and O–H groups in total. The number of hydrogen-bond acceptors (Lipinski definition) is 3. The fourth-order valence-corrected chi connectivity index (χ4v) is 0.143. The van der Waals surface area contributed by atoms with Crippen molar-refractivity contribution in [1.82, 2.24) is 0 Å². The Hall–Kier alpha value is -0.610. The van der Waals surface area contributed by atoms with Crippen molar-refractivity contribution in [2.24, 2.45) is 5.73 Å². The van der Waals surface area contributed by atoms with E-state index in [1.807, 2.05) is 0 Å². The molecule has 2 atom stereocenters. The Morgan fingerprint density at radius 2 is 2.62 bits per heavy atom. The summed E-state index contributed by atoms with van der Waals surface area (Å²) in [6.07, 6.45) is -2.38. The normalized spacial score (nSPS) is 24.8. The molecule has 0 saturated carbocycles. The Morgan fingerprint density at radius 1 is 2.12 bits per heavy atom. The molecule has 0 saturated heterocycles. The van der Waals surface area contributed by atoms with Gasteiger partial charge in [-0.15, -0.1) is 0 Å². The van der Waals surface area contributed by atoms with Crippen LogP contribution >= 0.6 is 0 Å². The molecule has 0 heterocycles. The minimum atomic E-state index is -2.38. The molecule has 0 aliphatic rings. The zero-order valence-corrected chi connectivity index (χ0v) is 4.16. The van der Waals surface area contributed by atoms with E-state index < -0.39 is 25.0 Å². The average molecular weight is 121 g/mol. The number of carboxylic acids is 1. The minimum Gasteiger partial charge on any atom is -0.480 e. The molecular formula is C4H9NO3. The van der Waals surface area contributed by atoms with Crippen molar-refractivity contribution >= 4 is 5.97 Å². The van der Waals surface area contributed by atoms with Crippen LogP contribution < -0.4 is 5.73 Å². The van der Waals surface area contributed by atoms with E-state index in [4.69, 9.17) is 18.7 Å². The summed E-state index contributed by atoms with van der Waals surface area (Å²) in [5, 5.41) is 16.9. The van der Waals surface area contributed by atoms with Crippen LogP contribution in [0.4, 0.5) is 0 Å². The zero-order chi connectivity index (χ0) is 8.36. The second-order valence-electron chi connectivity index (χ2n) is 1.31. The van der Waals surface area contributed by atoms with Crippen LogP contribution in [0.1, 0.15) is 9.64 Å². The SMILES string of the molecule is [2H]C[C@@]([2H])(O)[C@H](N)C(=O)O. The Bertz CT molecular complexity index is 138. The van der Waals surface area contributed by atoms with Crippen LogP contribution in [-0.4, -0.2) is 28.3 Å². The summed E-state index contributed by atoms with van der Waals surface area (Å²) in [6.45, 7) is -0.750. The van der Waals surface area contributed by atoms with Gasteiger partial charge in [0.05, 0.1) is 7.45 Å². The number of rotatable bonds is 2. The quantitative estimate of drug-likeness (QED) is 0.427. The maximum absolute atomic E-state index is 10.0. The molecule has 4 nitrogen and oxygen atoms in total. The highest BCUT2D eigenvalue weighted by Gasteiger charge is 2.16. The second kappa shape index (κ2) is 2.64. The molecule has 0 rings (SSSR count). The van der Waals surface area contributed by atoms with E-state index in [1.165, 1.54) is 0 Å². The summed E-state index contributed by atoms with van der Waals surface area (Å²) in [6, 6.07) is -1.72. The Balaban J connectivity index is 4.17. The molecule has 0 aliphatic carbocycles. The summed E-state index contributed by atoms with van der Waals surface area (Å²) in [7, 11) is 0. The largest absolute Gasteiger partial charge is 0.480 e. The zero-order valence-electron chi connectivity index (χ0n) is 6.16. The number of hydrogen-bond donors (Lipinski definition) is 3. The maximum atomic E-state index is 10.0. The average Bonchev–Trinajstić information content (AvgIpc) is 1.86. The van der Waals surface area contributed by atoms with Gasteiger partial charge in [-0.3, -0.25) is 4.79 Å². The molecule has 0 aromatic heterocycles. The smallest absolute Gasteiger partial charge is 0.323 e. The van der Waals surface area contributed by atoms with Gasteiger partial charge in [0.1, 0.15) is 6.04 Å². The van der Waals surface area contributed by atoms with Crippen LogP contribution in [0.2, 0.25) is 0 Å². The van der Waals surface area contributed by atoms with Crippen LogP contribution in [0.3, 0.4) is 0 Å². The van der Waals surface area contributed by atoms with E-state index in [-0.39, 0.29) is 0 Å². The first-order chi connectivity index (χ1) is 4.41. The highest BCUT2D eigenvalue weighted by molar-refractivity contribution is 5.73. The fourth-order valence-electron chi connectivity index (χ4n) is 0.143. The summed E-state index contributed by atoms with van der Waals surface area (Å²) in [4.78, 5) is 10.0. The molecule has 0 aliphatic heterocycles. The molecule has 0 spiro atoms. The first-order valence-electron chi connectivity index (χ1n) is 3.12. The van der Waals surface area contributed by atoms with Crippen molar-refractivity contribution in [2.45, 2.75) is 19.0 Å². The number of aliphatic carboxylic acids is 1. The first-order valence-corrected chi connectivity index (χ1v) is 1.92. The van der Waals surface area contributed by atoms with Crippen molar-refractivity contribution in [1.29, 1.82) is 0 Å². The third-order valence-corrected chi connectivity index (χ3v) is 0.625. The third kappa shape index (κ3) is 1.90. The van der Waals surface area contributed by atoms with Gasteiger partial charge in [-0.25, -0.2) is 0 Å². The van der Waals surface area contributed by atoms with Crippen molar-refractivity contribution in [2.75, 3.05) is 0 Å². The highest BCUT2D eigenvalue weighted by Crippen LogP contribution is 1.85. The van der Waals surface area contributed by atoms with E-state index >= 15 is 0 Å². The summed E-state index contributed by atoms with van der Waals surface area (Å²) in [5.41, 5.74) is 4.85. The maximum Gasteiger partial charge on any atom is 0.323 e. The van der Waals surface area contributed by atoms with Gasteiger partial charge >= 0.3 is 5.97 Å². The van der Waals surface area contributed by atoms with Crippen LogP contribution in [0.5, 0.6) is 0 Å². The lowest BCUT2D eigenvalue weighted by Crippen LogP contribution is -2.39. The number of carbonyl (C=O) groups is 1. The van der Waals surface area contributed by atoms with E-state index in [0.717, 1.165) is 0 Å². The van der Waals surface area contributed by atoms with Gasteiger partial charge in [-0.1, -0.05) is 0 Å². The molecule has 4 heteroatoms. The molecule has 0 unspecified atom stereocenters. The number of carboxylic acid groups (broad SMARTS) is 1. The molecule has 0 aromatic carbocycles. The molecule has 8 heavy (non-hydrogen) atoms. The summed E-state index contributed by atoms with van der Waals surface area (Å²) >= 11 is 0. The third-order valence-electron chi connectivity index (χ3n) is 0.625. The Morgan fingerprint density at radius 3 is 2.75 bits per heavy atom. The lowest BCUT2D eigenvalue weighted by Gasteiger charge is -2.06. The van der Waals surface area contributed by atoms with Crippen molar-refractivity contribution in [3.05, 3.63) is 0 Å². The lowest BCUT2D eigenvalue weighted by atomic mass is 10.2. The summed E-state index contributed by atoms with van der Waals surface area (Å²) < 4.78 is 13.3. The van der Waals surface area contributed by atoms with Gasteiger partial charge in [-0.05, 0) is 6.90 Å². The van der Waals surface area contributed by atoms with Gasteiger partial charge in [0.25, 0.3) is 0 Å². The van der Waals surface area contributed by atoms with Gasteiger partial charge in [-0.2, -0.15) is 0 Å². The Kier molecular flexibility index (Phi) is 1.41. The van der Waals surface area contributed by atoms with E-state index in [2.05, 4.69) is 0 Å². The molecule has 0 bridgehead atoms. The topological polar surface area (TPSA) is 83.5 Å². The van der Waals surface area contributed by atoms with E-state index in [9.17, 15) is 4.79 Å². The standard InChI is InChI=1S/C4H9NO3/c1-2(6)3(5)4(7)8/h2-3,6H,5H2,1H3,(H,7,8)/t2-,3+/m1/s1/i1D,2D. The van der Waals surface area contributed by atoms with Crippen molar-refractivity contribution in [3.63, 3.8) is 0 Å². The van der Waals surface area contributed by atoms with Crippen LogP contribution in [0.15, 0.2) is 0 Å². The van der Waals surface area contributed by atoms with Crippen LogP contribution in [0.25, 0.3) is 0 Å². The van der Waals surface area contributed by atoms with Crippen LogP contribution in [0, 0.1) is 0 Å². The molecular weight excluding hydrogens is 110 g/mol. The molecule has 0 fully saturated rings. The predicted octanol–water partition coefficient (Wildman–Crippen LogP) is -1.22. The van der Waals surface area contributed by atoms with Gasteiger partial charge in [0.15, 0.2) is 0 Å². The summed E-state index contributed by atoms with van der Waals surface area (Å²) in [5.74, 6) is -1.48. The lowest BCUT2D eigenvalue weighted by molar-refractivity contribution is -0.140. The van der Waals surface area contributed by atoms with Gasteiger partial charge < -0.3 is 15.9 Å². The van der Waals surface area contributed by atoms with E-state index in [0.29, 0.717) is 0 Å². The molecule has 0 aromatic rings. The fraction of sp³-hybridized carbons (Fsp3) is 0.750. The Labute approximate surface area is 49.7 Å². The predicted molar refractivity (Wildman–Crippen MR) is 27.3 cm³/mol.